The first-order valence-corrected chi connectivity index (χ1v) is 31.2. The SMILES string of the molecule is CCc1cnn2c(NCc3ccc(=O)n(OCCOCCOCCOCCOCCNS(=O)(=O)c4cc(F)cc(N(C(=O)[C@@H]5CCC(=O)N5c5cc(C#N)ccn5)C(C(=O)NC5CC(F)(F)C5)c5ccccc5Cl)c4)c3)cc(N3CCCC[C@H]3CCO)nc12. The van der Waals surface area contributed by atoms with E-state index in [0.29, 0.717) is 19.0 Å². The molecule has 0 spiro atoms. The quantitative estimate of drug-likeness (QED) is 0.0378. The van der Waals surface area contributed by atoms with E-state index in [0.717, 1.165) is 82.6 Å². The summed E-state index contributed by atoms with van der Waals surface area (Å²) in [4.78, 5) is 74.1. The van der Waals surface area contributed by atoms with Crippen LogP contribution in [0.3, 0.4) is 0 Å². The third-order valence-electron chi connectivity index (χ3n) is 15.3. The number of aliphatic hydroxyl groups excluding tert-OH is 1. The van der Waals surface area contributed by atoms with Crippen molar-refractivity contribution in [2.24, 2.45) is 0 Å². The Hall–Kier alpha value is -7.75. The number of alkyl halides is 2. The molecular formula is C60H70ClF3N12O12S. The van der Waals surface area contributed by atoms with Crippen molar-refractivity contribution in [3.63, 3.8) is 0 Å². The third-order valence-corrected chi connectivity index (χ3v) is 17.1. The summed E-state index contributed by atoms with van der Waals surface area (Å²) in [5, 5.41) is 29.9. The van der Waals surface area contributed by atoms with E-state index >= 15 is 9.18 Å². The molecule has 29 heteroatoms. The van der Waals surface area contributed by atoms with E-state index in [1.807, 2.05) is 18.3 Å². The van der Waals surface area contributed by atoms with Gasteiger partial charge in [0.1, 0.15) is 42.0 Å². The summed E-state index contributed by atoms with van der Waals surface area (Å²) in [6, 6.07) is 14.0. The summed E-state index contributed by atoms with van der Waals surface area (Å²) in [7, 11) is -4.57. The molecule has 0 bridgehead atoms. The van der Waals surface area contributed by atoms with Gasteiger partial charge in [0.15, 0.2) is 5.65 Å². The minimum Gasteiger partial charge on any atom is -0.408 e. The number of rotatable bonds is 32. The zero-order valence-corrected chi connectivity index (χ0v) is 50.5. The number of anilines is 4. The van der Waals surface area contributed by atoms with Crippen molar-refractivity contribution in [3.05, 3.63) is 135 Å². The average Bonchev–Trinajstić information content (AvgIpc) is 2.34. The maximum Gasteiger partial charge on any atom is 0.282 e. The van der Waals surface area contributed by atoms with Crippen molar-refractivity contribution in [2.75, 3.05) is 99.2 Å². The van der Waals surface area contributed by atoms with Gasteiger partial charge in [-0.1, -0.05) is 42.8 Å². The van der Waals surface area contributed by atoms with Crippen molar-refractivity contribution in [1.29, 1.82) is 5.26 Å². The monoisotopic (exact) mass is 1270 g/mol. The van der Waals surface area contributed by atoms with E-state index in [1.54, 1.807) is 16.8 Å². The van der Waals surface area contributed by atoms with E-state index in [2.05, 4.69) is 37.3 Å². The summed E-state index contributed by atoms with van der Waals surface area (Å²) in [5.74, 6) is -5.26. The zero-order chi connectivity index (χ0) is 63.1. The number of pyridine rings is 2. The molecule has 4 N–H and O–H groups in total. The zero-order valence-electron chi connectivity index (χ0n) is 48.9. The second kappa shape index (κ2) is 30.6. The summed E-state index contributed by atoms with van der Waals surface area (Å²) >= 11 is 6.65. The molecule has 2 aliphatic heterocycles. The number of halogens is 4. The number of hydrogen-bond acceptors (Lipinski definition) is 18. The second-order valence-electron chi connectivity index (χ2n) is 21.4. The van der Waals surface area contributed by atoms with Crippen LogP contribution in [0.1, 0.15) is 86.6 Å². The highest BCUT2D eigenvalue weighted by atomic mass is 35.5. The minimum absolute atomic E-state index is 0.0255. The topological polar surface area (TPSA) is 286 Å². The van der Waals surface area contributed by atoms with E-state index in [4.69, 9.17) is 40.4 Å². The largest absolute Gasteiger partial charge is 0.408 e. The van der Waals surface area contributed by atoms with Crippen LogP contribution in [0.5, 0.6) is 0 Å². The maximum absolute atomic E-state index is 15.9. The van der Waals surface area contributed by atoms with Gasteiger partial charge in [-0.3, -0.25) is 29.0 Å². The van der Waals surface area contributed by atoms with Gasteiger partial charge in [0.25, 0.3) is 17.4 Å². The molecule has 6 heterocycles. The lowest BCUT2D eigenvalue weighted by molar-refractivity contribution is -0.133. The number of carbonyl (C=O) groups excluding carboxylic acids is 3. The number of hydrogen-bond donors (Lipinski definition) is 4. The average molecular weight is 1280 g/mol. The minimum atomic E-state index is -4.57. The summed E-state index contributed by atoms with van der Waals surface area (Å²) in [6.45, 7) is 4.38. The molecule has 89 heavy (non-hydrogen) atoms. The number of sulfonamides is 1. The summed E-state index contributed by atoms with van der Waals surface area (Å²) < 4.78 is 99.2. The highest BCUT2D eigenvalue weighted by Crippen LogP contribution is 2.41. The summed E-state index contributed by atoms with van der Waals surface area (Å²) in [5.41, 5.74) is 1.86. The van der Waals surface area contributed by atoms with Crippen molar-refractivity contribution >= 4 is 68.1 Å². The molecule has 1 saturated carbocycles. The molecule has 0 radical (unpaired) electrons. The van der Waals surface area contributed by atoms with Gasteiger partial charge in [-0.25, -0.2) is 36.3 Å². The number of nitrogens with zero attached hydrogens (tertiary/aromatic N) is 9. The smallest absolute Gasteiger partial charge is 0.282 e. The second-order valence-corrected chi connectivity index (χ2v) is 23.6. The van der Waals surface area contributed by atoms with E-state index in [9.17, 15) is 42.0 Å². The molecule has 1 aliphatic carbocycles. The number of carbonyl (C=O) groups is 3. The third kappa shape index (κ3) is 16.8. The highest BCUT2D eigenvalue weighted by Gasteiger charge is 2.49. The van der Waals surface area contributed by atoms with Gasteiger partial charge in [0.05, 0.1) is 81.8 Å². The van der Waals surface area contributed by atoms with Gasteiger partial charge < -0.3 is 44.4 Å². The molecule has 3 amide bonds. The van der Waals surface area contributed by atoms with Gasteiger partial charge in [0.2, 0.25) is 21.8 Å². The molecule has 6 aromatic rings. The van der Waals surface area contributed by atoms with Gasteiger partial charge in [-0.05, 0) is 80.5 Å². The first-order chi connectivity index (χ1) is 43.0. The molecule has 2 aromatic carbocycles. The Morgan fingerprint density at radius 2 is 1.65 bits per heavy atom. The number of aromatic nitrogens is 5. The number of ether oxygens (including phenoxy) is 4. The van der Waals surface area contributed by atoms with Gasteiger partial charge in [-0.2, -0.15) is 19.6 Å². The summed E-state index contributed by atoms with van der Waals surface area (Å²) in [6.07, 6.45) is 7.56. The molecule has 3 aliphatic rings. The van der Waals surface area contributed by atoms with Crippen LogP contribution in [-0.4, -0.2) is 159 Å². The number of nitriles is 1. The fraction of sp³-hybridized carbons (Fsp3) is 0.467. The Balaban J connectivity index is 0.713. The predicted octanol–water partition coefficient (Wildman–Crippen LogP) is 5.52. The van der Waals surface area contributed by atoms with Crippen LogP contribution in [0, 0.1) is 17.1 Å². The first kappa shape index (κ1) is 65.7. The molecule has 9 rings (SSSR count). The fourth-order valence-electron chi connectivity index (χ4n) is 10.8. The lowest BCUT2D eigenvalue weighted by Crippen LogP contribution is -2.56. The molecule has 24 nitrogen and oxygen atoms in total. The highest BCUT2D eigenvalue weighted by molar-refractivity contribution is 7.89. The molecule has 476 valence electrons. The number of amides is 3. The number of piperidine rings is 1. The van der Waals surface area contributed by atoms with E-state index < -0.39 is 81.0 Å². The number of nitrogens with one attached hydrogen (secondary N) is 3. The molecule has 2 saturated heterocycles. The van der Waals surface area contributed by atoms with Gasteiger partial charge in [-0.15, -0.1) is 0 Å². The standard InChI is InChI=1S/C60H70ClF3N12O12S/c1-2-42-38-68-76-52(33-53(71-57(42)76)72-18-6-5-7-45(72)15-19-77)67-37-41-10-12-54(78)73(39-41)88-28-27-87-26-25-86-24-23-85-22-21-84-20-17-69-89(82,83)47-31-43(62)30-46(32-47)74(59(81)50-11-13-55(79)75(50)51-29-40(36-65)14-16-66-51)56(48-8-3-4-9-49(48)61)58(80)70-44-34-60(63,64)35-44/h3-4,8-10,12,14,16,29-33,38-39,44-45,50,56,67,69,77H,2,5-7,11,13,15,17-28,34-35,37H2,1H3,(H,70,80)/t45-,50-,56?/m0/s1. The Labute approximate surface area is 516 Å². The normalized spacial score (nSPS) is 17.1. The van der Waals surface area contributed by atoms with Crippen LogP contribution in [0.2, 0.25) is 5.02 Å². The Morgan fingerprint density at radius 1 is 0.921 bits per heavy atom. The van der Waals surface area contributed by atoms with Crippen LogP contribution in [0.25, 0.3) is 5.65 Å². The van der Waals surface area contributed by atoms with Crippen LogP contribution < -0.4 is 40.5 Å². The van der Waals surface area contributed by atoms with Crippen molar-refractivity contribution in [2.45, 2.75) is 106 Å². The lowest BCUT2D eigenvalue weighted by Gasteiger charge is -2.39. The Morgan fingerprint density at radius 3 is 2.36 bits per heavy atom. The first-order valence-electron chi connectivity index (χ1n) is 29.4. The Kier molecular flexibility index (Phi) is 22.6. The Bertz CT molecular complexity index is 3660. The van der Waals surface area contributed by atoms with Crippen molar-refractivity contribution in [3.8, 4) is 6.07 Å². The van der Waals surface area contributed by atoms with Crippen LogP contribution in [0.4, 0.5) is 36.3 Å². The maximum atomic E-state index is 15.9. The van der Waals surface area contributed by atoms with Gasteiger partial charge in [0, 0.05) is 97.8 Å². The predicted molar refractivity (Wildman–Crippen MR) is 321 cm³/mol. The molecule has 3 fully saturated rings. The number of aliphatic hydroxyl groups is 1. The molecule has 1 unspecified atom stereocenters. The van der Waals surface area contributed by atoms with Crippen LogP contribution in [0.15, 0.2) is 101 Å². The van der Waals surface area contributed by atoms with Crippen molar-refractivity contribution in [1.82, 2.24) is 34.4 Å². The van der Waals surface area contributed by atoms with Crippen molar-refractivity contribution < 1.29 is 64.9 Å². The van der Waals surface area contributed by atoms with E-state index in [1.165, 1.54) is 53.4 Å². The molecule has 4 aromatic heterocycles. The molecular weight excluding hydrogens is 1210 g/mol. The number of fused-ring (bicyclic) bond motifs is 1. The lowest BCUT2D eigenvalue weighted by atomic mass is 9.87. The number of aryl methyl sites for hydroxylation is 1. The van der Waals surface area contributed by atoms with Gasteiger partial charge >= 0.3 is 0 Å². The van der Waals surface area contributed by atoms with E-state index in [-0.39, 0.29) is 119 Å². The van der Waals surface area contributed by atoms with Crippen LogP contribution >= 0.6 is 11.6 Å². The number of benzene rings is 2. The molecule has 3 atom stereocenters. The van der Waals surface area contributed by atoms with Crippen LogP contribution in [-0.2, 0) is 56.3 Å². The fourth-order valence-corrected chi connectivity index (χ4v) is 12.1.